The summed E-state index contributed by atoms with van der Waals surface area (Å²) in [4.78, 5) is 27.7. The van der Waals surface area contributed by atoms with Crippen LogP contribution < -0.4 is 0 Å². The molecule has 1 amide bonds. The first kappa shape index (κ1) is 21.7. The van der Waals surface area contributed by atoms with Gasteiger partial charge in [0.2, 0.25) is 0 Å². The maximum atomic E-state index is 12.6. The van der Waals surface area contributed by atoms with Gasteiger partial charge in [0.05, 0.1) is 4.92 Å². The maximum Gasteiger partial charge on any atom is 0.270 e. The zero-order chi connectivity index (χ0) is 21.7. The van der Waals surface area contributed by atoms with Gasteiger partial charge in [0, 0.05) is 43.9 Å². The Labute approximate surface area is 178 Å². The lowest BCUT2D eigenvalue weighted by molar-refractivity contribution is -0.384. The lowest BCUT2D eigenvalue weighted by atomic mass is 9.88. The lowest BCUT2D eigenvalue weighted by Gasteiger charge is -2.27. The summed E-state index contributed by atoms with van der Waals surface area (Å²) in [6, 6.07) is 14.5. The Morgan fingerprint density at radius 2 is 1.60 bits per heavy atom. The van der Waals surface area contributed by atoms with Crippen LogP contribution in [0, 0.1) is 10.1 Å². The molecule has 1 fully saturated rings. The monoisotopic (exact) mass is 407 g/mol. The van der Waals surface area contributed by atoms with Crippen LogP contribution in [-0.4, -0.2) is 53.9 Å². The summed E-state index contributed by atoms with van der Waals surface area (Å²) in [5.74, 6) is 0.0235. The van der Waals surface area contributed by atoms with Crippen molar-refractivity contribution in [3.05, 3.63) is 80.9 Å². The Morgan fingerprint density at radius 1 is 1.00 bits per heavy atom. The van der Waals surface area contributed by atoms with Crippen molar-refractivity contribution >= 4 is 17.2 Å². The molecule has 0 spiro atoms. The van der Waals surface area contributed by atoms with Gasteiger partial charge in [-0.25, -0.2) is 0 Å². The summed E-state index contributed by atoms with van der Waals surface area (Å²) in [7, 11) is 2.11. The standard InChI is InChI=1S/C24H29N3O3/c1-4-26(5-2)24(28)20-11-9-18(10-12-20)23(19-13-15-25(3)16-14-19)21-7-6-8-22(17-21)27(29)30/h6-12,17H,4-5,13-16H2,1-3H3. The van der Waals surface area contributed by atoms with Crippen LogP contribution in [0.25, 0.3) is 5.57 Å². The summed E-state index contributed by atoms with van der Waals surface area (Å²) in [5.41, 5.74) is 4.95. The first-order valence-electron chi connectivity index (χ1n) is 10.5. The fraction of sp³-hybridized carbons (Fsp3) is 0.375. The topological polar surface area (TPSA) is 66.7 Å². The van der Waals surface area contributed by atoms with E-state index in [1.54, 1.807) is 17.0 Å². The molecule has 1 saturated heterocycles. The predicted molar refractivity (Wildman–Crippen MR) is 120 cm³/mol. The number of carbonyl (C=O) groups is 1. The van der Waals surface area contributed by atoms with E-state index >= 15 is 0 Å². The number of likely N-dealkylation sites (tertiary alicyclic amines) is 1. The van der Waals surface area contributed by atoms with Gasteiger partial charge in [0.1, 0.15) is 0 Å². The molecule has 2 aromatic rings. The molecule has 3 rings (SSSR count). The normalized spacial score (nSPS) is 14.4. The Hall–Kier alpha value is -2.99. The van der Waals surface area contributed by atoms with Gasteiger partial charge in [-0.1, -0.05) is 29.8 Å². The summed E-state index contributed by atoms with van der Waals surface area (Å²) in [6.45, 7) is 7.22. The minimum Gasteiger partial charge on any atom is -0.339 e. The van der Waals surface area contributed by atoms with Crippen LogP contribution in [0.15, 0.2) is 54.1 Å². The zero-order valence-corrected chi connectivity index (χ0v) is 17.9. The number of benzene rings is 2. The van der Waals surface area contributed by atoms with Gasteiger partial charge in [-0.05, 0) is 62.6 Å². The minimum absolute atomic E-state index is 0.0235. The molecule has 0 aromatic heterocycles. The second kappa shape index (κ2) is 9.67. The van der Waals surface area contributed by atoms with E-state index in [1.165, 1.54) is 11.6 Å². The third-order valence-corrected chi connectivity index (χ3v) is 5.76. The lowest BCUT2D eigenvalue weighted by Crippen LogP contribution is -2.30. The molecule has 0 aliphatic carbocycles. The molecule has 0 bridgehead atoms. The molecule has 2 aromatic carbocycles. The van der Waals surface area contributed by atoms with E-state index in [0.717, 1.165) is 42.6 Å². The predicted octanol–water partition coefficient (Wildman–Crippen LogP) is 4.60. The Morgan fingerprint density at radius 3 is 2.17 bits per heavy atom. The van der Waals surface area contributed by atoms with Crippen molar-refractivity contribution in [2.45, 2.75) is 26.7 Å². The fourth-order valence-electron chi connectivity index (χ4n) is 3.96. The molecule has 0 N–H and O–H groups in total. The van der Waals surface area contributed by atoms with Crippen LogP contribution in [0.3, 0.4) is 0 Å². The Bertz CT molecular complexity index is 936. The zero-order valence-electron chi connectivity index (χ0n) is 17.9. The second-order valence-electron chi connectivity index (χ2n) is 7.64. The van der Waals surface area contributed by atoms with Gasteiger partial charge >= 0.3 is 0 Å². The largest absolute Gasteiger partial charge is 0.339 e. The molecule has 158 valence electrons. The van der Waals surface area contributed by atoms with E-state index in [2.05, 4.69) is 11.9 Å². The number of non-ortho nitro benzene ring substituents is 1. The number of piperidine rings is 1. The van der Waals surface area contributed by atoms with Gasteiger partial charge < -0.3 is 9.80 Å². The number of rotatable bonds is 6. The van der Waals surface area contributed by atoms with E-state index < -0.39 is 0 Å². The third kappa shape index (κ3) is 4.76. The third-order valence-electron chi connectivity index (χ3n) is 5.76. The highest BCUT2D eigenvalue weighted by Gasteiger charge is 2.19. The highest BCUT2D eigenvalue weighted by atomic mass is 16.6. The van der Waals surface area contributed by atoms with Crippen LogP contribution >= 0.6 is 0 Å². The number of hydrogen-bond donors (Lipinski definition) is 0. The van der Waals surface area contributed by atoms with Crippen molar-refractivity contribution < 1.29 is 9.72 Å². The molecular weight excluding hydrogens is 378 g/mol. The van der Waals surface area contributed by atoms with E-state index in [4.69, 9.17) is 0 Å². The van der Waals surface area contributed by atoms with E-state index in [-0.39, 0.29) is 16.5 Å². The number of amides is 1. The Balaban J connectivity index is 2.03. The SMILES string of the molecule is CCN(CC)C(=O)c1ccc(C(=C2CCN(C)CC2)c2cccc([N+](=O)[O-])c2)cc1. The molecule has 1 aliphatic rings. The Kier molecular flexibility index (Phi) is 7.00. The first-order valence-corrected chi connectivity index (χ1v) is 10.5. The van der Waals surface area contributed by atoms with Crippen molar-refractivity contribution in [2.24, 2.45) is 0 Å². The number of nitrogens with zero attached hydrogens (tertiary/aromatic N) is 3. The molecule has 0 atom stereocenters. The van der Waals surface area contributed by atoms with Crippen LogP contribution in [0.1, 0.15) is 48.2 Å². The van der Waals surface area contributed by atoms with Crippen LogP contribution in [-0.2, 0) is 0 Å². The van der Waals surface area contributed by atoms with Crippen molar-refractivity contribution in [2.75, 3.05) is 33.2 Å². The molecule has 30 heavy (non-hydrogen) atoms. The number of nitro benzene ring substituents is 1. The number of nitro groups is 1. The quantitative estimate of drug-likeness (QED) is 0.518. The summed E-state index contributed by atoms with van der Waals surface area (Å²) in [6.07, 6.45) is 1.85. The van der Waals surface area contributed by atoms with Gasteiger partial charge in [-0.3, -0.25) is 14.9 Å². The average molecular weight is 408 g/mol. The van der Waals surface area contributed by atoms with Gasteiger partial charge in [0.15, 0.2) is 0 Å². The van der Waals surface area contributed by atoms with Crippen molar-refractivity contribution in [3.8, 4) is 0 Å². The maximum absolute atomic E-state index is 12.6. The second-order valence-corrected chi connectivity index (χ2v) is 7.64. The molecule has 0 saturated carbocycles. The minimum atomic E-state index is -0.355. The van der Waals surface area contributed by atoms with Gasteiger partial charge in [0.25, 0.3) is 11.6 Å². The first-order chi connectivity index (χ1) is 14.4. The number of hydrogen-bond acceptors (Lipinski definition) is 4. The van der Waals surface area contributed by atoms with E-state index in [0.29, 0.717) is 18.7 Å². The molecule has 1 aliphatic heterocycles. The highest BCUT2D eigenvalue weighted by molar-refractivity contribution is 5.95. The highest BCUT2D eigenvalue weighted by Crippen LogP contribution is 2.33. The fourth-order valence-corrected chi connectivity index (χ4v) is 3.96. The van der Waals surface area contributed by atoms with Gasteiger partial charge in [-0.15, -0.1) is 0 Å². The van der Waals surface area contributed by atoms with Crippen molar-refractivity contribution in [3.63, 3.8) is 0 Å². The van der Waals surface area contributed by atoms with E-state index in [1.807, 2.05) is 44.2 Å². The summed E-state index contributed by atoms with van der Waals surface area (Å²) >= 11 is 0. The van der Waals surface area contributed by atoms with Crippen LogP contribution in [0.5, 0.6) is 0 Å². The van der Waals surface area contributed by atoms with E-state index in [9.17, 15) is 14.9 Å². The van der Waals surface area contributed by atoms with Crippen LogP contribution in [0.2, 0.25) is 0 Å². The molecule has 0 unspecified atom stereocenters. The average Bonchev–Trinajstić information content (AvgIpc) is 2.77. The summed E-state index contributed by atoms with van der Waals surface area (Å²) in [5, 5.41) is 11.3. The molecule has 6 heteroatoms. The molecule has 6 nitrogen and oxygen atoms in total. The van der Waals surface area contributed by atoms with Crippen LogP contribution in [0.4, 0.5) is 5.69 Å². The van der Waals surface area contributed by atoms with Gasteiger partial charge in [-0.2, -0.15) is 0 Å². The van der Waals surface area contributed by atoms with Crippen molar-refractivity contribution in [1.82, 2.24) is 9.80 Å². The van der Waals surface area contributed by atoms with Crippen molar-refractivity contribution in [1.29, 1.82) is 0 Å². The molecule has 0 radical (unpaired) electrons. The summed E-state index contributed by atoms with van der Waals surface area (Å²) < 4.78 is 0. The molecular formula is C24H29N3O3. The number of carbonyl (C=O) groups excluding carboxylic acids is 1. The smallest absolute Gasteiger partial charge is 0.270 e. The molecule has 1 heterocycles.